The fourth-order valence-electron chi connectivity index (χ4n) is 2.03. The van der Waals surface area contributed by atoms with E-state index < -0.39 is 42.5 Å². The first-order valence-corrected chi connectivity index (χ1v) is 6.27. The van der Waals surface area contributed by atoms with Gasteiger partial charge in [-0.2, -0.15) is 0 Å². The number of aryl methyl sites for hydroxylation is 2. The summed E-state index contributed by atoms with van der Waals surface area (Å²) in [7, 11) is 0. The van der Waals surface area contributed by atoms with Gasteiger partial charge in [-0.15, -0.1) is 0 Å². The number of hydrogen-bond donors (Lipinski definition) is 1. The summed E-state index contributed by atoms with van der Waals surface area (Å²) >= 11 is 0. The van der Waals surface area contributed by atoms with Crippen LogP contribution in [-0.4, -0.2) is 29.9 Å². The minimum absolute atomic E-state index is 0.0947. The average molecular weight is 286 g/mol. The molecule has 0 bridgehead atoms. The van der Waals surface area contributed by atoms with E-state index >= 15 is 0 Å². The Hall–Kier alpha value is -1.89. The molecular weight excluding hydrogens is 260 g/mol. The molecular formula is C13H20N4O3. The molecule has 0 fully saturated rings. The van der Waals surface area contributed by atoms with E-state index in [-0.39, 0.29) is 6.54 Å². The van der Waals surface area contributed by atoms with Crippen molar-refractivity contribution in [1.29, 1.82) is 0 Å². The minimum Gasteiger partial charge on any atom is -0.393 e. The highest BCUT2D eigenvalue weighted by atomic mass is 16.3. The number of hydrogen-bond acceptors (Lipinski definition) is 4. The summed E-state index contributed by atoms with van der Waals surface area (Å²) in [5.74, 6) is 0. The monoisotopic (exact) mass is 286 g/mol. The van der Waals surface area contributed by atoms with Gasteiger partial charge in [0.15, 0.2) is 11.2 Å². The summed E-state index contributed by atoms with van der Waals surface area (Å²) in [6, 6.07) is 0. The van der Waals surface area contributed by atoms with Crippen LogP contribution in [0.15, 0.2) is 15.9 Å². The molecule has 2 rings (SSSR count). The molecule has 0 amide bonds. The normalized spacial score (nSPS) is 18.7. The molecule has 7 heteroatoms. The van der Waals surface area contributed by atoms with Crippen molar-refractivity contribution < 1.29 is 13.3 Å². The van der Waals surface area contributed by atoms with Gasteiger partial charge in [0.25, 0.3) is 5.56 Å². The van der Waals surface area contributed by atoms with Gasteiger partial charge < -0.3 is 9.67 Å². The third-order valence-electron chi connectivity index (χ3n) is 3.08. The van der Waals surface area contributed by atoms with E-state index in [4.69, 9.17) is 8.22 Å². The molecule has 0 aliphatic carbocycles. The summed E-state index contributed by atoms with van der Waals surface area (Å²) in [5, 5.41) is 9.27. The van der Waals surface area contributed by atoms with Crippen LogP contribution in [0.4, 0.5) is 0 Å². The lowest BCUT2D eigenvalue weighted by Gasteiger charge is -2.09. The van der Waals surface area contributed by atoms with E-state index in [9.17, 15) is 14.7 Å². The van der Waals surface area contributed by atoms with E-state index in [1.807, 2.05) is 0 Å². The van der Waals surface area contributed by atoms with Crippen LogP contribution in [0.2, 0.25) is 0 Å². The van der Waals surface area contributed by atoms with Crippen molar-refractivity contribution in [2.75, 3.05) is 0 Å². The summed E-state index contributed by atoms with van der Waals surface area (Å²) in [5.41, 5.74) is -2.93. The minimum atomic E-state index is -2.93. The van der Waals surface area contributed by atoms with E-state index in [0.29, 0.717) is 33.0 Å². The number of aromatic nitrogens is 4. The van der Waals surface area contributed by atoms with Crippen molar-refractivity contribution in [3.8, 4) is 0 Å². The molecule has 0 spiro atoms. The van der Waals surface area contributed by atoms with Crippen LogP contribution in [0, 0.1) is 0 Å². The number of unbranched alkanes of at least 4 members (excludes halogenated alkanes) is 1. The van der Waals surface area contributed by atoms with Crippen LogP contribution in [0.3, 0.4) is 0 Å². The zero-order valence-corrected chi connectivity index (χ0v) is 11.0. The molecule has 1 N–H and O–H groups in total. The predicted octanol–water partition coefficient (Wildman–Crippen LogP) is -0.0152. The van der Waals surface area contributed by atoms with Crippen LogP contribution in [-0.2, 0) is 20.5 Å². The Bertz CT molecular complexity index is 906. The molecule has 0 saturated heterocycles. The Morgan fingerprint density at radius 1 is 1.40 bits per heavy atom. The van der Waals surface area contributed by atoms with Crippen molar-refractivity contribution >= 4 is 11.2 Å². The van der Waals surface area contributed by atoms with E-state index in [0.717, 1.165) is 6.33 Å². The molecule has 0 aromatic carbocycles. The first kappa shape index (κ1) is 8.41. The largest absolute Gasteiger partial charge is 0.393 e. The Kier molecular flexibility index (Phi) is 2.36. The maximum atomic E-state index is 12.7. The molecule has 0 aliphatic rings. The average Bonchev–Trinajstić information content (AvgIpc) is 2.89. The van der Waals surface area contributed by atoms with Crippen molar-refractivity contribution in [1.82, 2.24) is 18.7 Å². The molecule has 2 aromatic heterocycles. The second-order valence-corrected chi connectivity index (χ2v) is 4.71. The highest BCUT2D eigenvalue weighted by Crippen LogP contribution is 2.04. The van der Waals surface area contributed by atoms with Crippen LogP contribution < -0.4 is 11.2 Å². The SMILES string of the molecule is [2H]C([2H])([2H])n1cnc2c1c(=O)n(CCCC[C@H](C)O)c(=O)n2C([2H])([2H])[2H]. The smallest absolute Gasteiger partial charge is 0.332 e. The number of aliphatic hydroxyl groups excluding tert-OH is 1. The standard InChI is InChI=1S/C13H20N4O3/c1-9(18)6-4-5-7-17-12(19)10-11(14-8-15(10)2)16(3)13(17)20/h8-9,18H,4-7H2,1-3H3/t9-/m0/s1/i2D3,3D3. The van der Waals surface area contributed by atoms with Crippen molar-refractivity contribution in [3.63, 3.8) is 0 Å². The third kappa shape index (κ3) is 2.53. The molecule has 1 atom stereocenters. The molecule has 2 heterocycles. The van der Waals surface area contributed by atoms with Gasteiger partial charge in [-0.05, 0) is 26.2 Å². The summed E-state index contributed by atoms with van der Waals surface area (Å²) in [4.78, 5) is 28.9. The first-order valence-electron chi connectivity index (χ1n) is 9.27. The van der Waals surface area contributed by atoms with E-state index in [1.165, 1.54) is 0 Å². The first-order chi connectivity index (χ1) is 11.9. The van der Waals surface area contributed by atoms with E-state index in [1.54, 1.807) is 6.92 Å². The molecule has 0 aliphatic heterocycles. The Morgan fingerprint density at radius 3 is 2.85 bits per heavy atom. The van der Waals surface area contributed by atoms with Crippen LogP contribution in [0.1, 0.15) is 34.4 Å². The van der Waals surface area contributed by atoms with Crippen LogP contribution in [0.25, 0.3) is 11.2 Å². The summed E-state index contributed by atoms with van der Waals surface area (Å²) < 4.78 is 46.8. The molecule has 7 nitrogen and oxygen atoms in total. The maximum absolute atomic E-state index is 12.7. The molecule has 0 unspecified atom stereocenters. The van der Waals surface area contributed by atoms with Crippen LogP contribution >= 0.6 is 0 Å². The van der Waals surface area contributed by atoms with Crippen molar-refractivity contribution in [2.24, 2.45) is 14.0 Å². The van der Waals surface area contributed by atoms with Crippen LogP contribution in [0.5, 0.6) is 0 Å². The molecule has 2 aromatic rings. The molecule has 0 saturated carbocycles. The van der Waals surface area contributed by atoms with Crippen molar-refractivity contribution in [2.45, 2.75) is 38.8 Å². The lowest BCUT2D eigenvalue weighted by Crippen LogP contribution is -2.39. The number of rotatable bonds is 5. The van der Waals surface area contributed by atoms with Gasteiger partial charge in [-0.1, -0.05) is 0 Å². The number of nitrogens with zero attached hydrogens (tertiary/aromatic N) is 4. The second-order valence-electron chi connectivity index (χ2n) is 4.71. The summed E-state index contributed by atoms with van der Waals surface area (Å²) in [6.45, 7) is -4.18. The maximum Gasteiger partial charge on any atom is 0.332 e. The van der Waals surface area contributed by atoms with E-state index in [2.05, 4.69) is 4.98 Å². The Balaban J connectivity index is 2.68. The van der Waals surface area contributed by atoms with Gasteiger partial charge >= 0.3 is 5.69 Å². The topological polar surface area (TPSA) is 82.1 Å². The highest BCUT2D eigenvalue weighted by molar-refractivity contribution is 5.69. The zero-order valence-electron chi connectivity index (χ0n) is 17.0. The molecule has 20 heavy (non-hydrogen) atoms. The third-order valence-corrected chi connectivity index (χ3v) is 3.08. The van der Waals surface area contributed by atoms with Gasteiger partial charge in [-0.3, -0.25) is 13.9 Å². The van der Waals surface area contributed by atoms with Gasteiger partial charge in [0.1, 0.15) is 0 Å². The Morgan fingerprint density at radius 2 is 2.20 bits per heavy atom. The van der Waals surface area contributed by atoms with Gasteiger partial charge in [0, 0.05) is 28.7 Å². The van der Waals surface area contributed by atoms with Gasteiger partial charge in [-0.25, -0.2) is 9.78 Å². The highest BCUT2D eigenvalue weighted by Gasteiger charge is 2.14. The lowest BCUT2D eigenvalue weighted by molar-refractivity contribution is 0.180. The predicted molar refractivity (Wildman–Crippen MR) is 75.7 cm³/mol. The number of fused-ring (bicyclic) bond motifs is 1. The van der Waals surface area contributed by atoms with Gasteiger partial charge in [0.2, 0.25) is 0 Å². The number of aliphatic hydroxyl groups is 1. The number of imidazole rings is 1. The Labute approximate surface area is 124 Å². The fraction of sp³-hybridized carbons (Fsp3) is 0.615. The second kappa shape index (κ2) is 5.62. The molecule has 110 valence electrons. The van der Waals surface area contributed by atoms with Crippen molar-refractivity contribution in [3.05, 3.63) is 27.2 Å². The lowest BCUT2D eigenvalue weighted by atomic mass is 10.2. The summed E-state index contributed by atoms with van der Waals surface area (Å²) in [6.07, 6.45) is 1.60. The fourth-order valence-corrected chi connectivity index (χ4v) is 2.03. The quantitative estimate of drug-likeness (QED) is 0.783. The van der Waals surface area contributed by atoms with Gasteiger partial charge in [0.05, 0.1) is 12.4 Å². The molecule has 0 radical (unpaired) electrons. The zero-order chi connectivity index (χ0) is 19.9.